The molecular formula is C19H38IN3OS. The largest absolute Gasteiger partial charge is 0.381 e. The fourth-order valence-corrected chi connectivity index (χ4v) is 4.69. The lowest BCUT2D eigenvalue weighted by Gasteiger charge is -2.36. The highest BCUT2D eigenvalue weighted by molar-refractivity contribution is 14.0. The van der Waals surface area contributed by atoms with Crippen molar-refractivity contribution in [2.24, 2.45) is 10.9 Å². The molecule has 2 aliphatic rings. The van der Waals surface area contributed by atoms with E-state index in [4.69, 9.17) is 4.74 Å². The molecule has 0 radical (unpaired) electrons. The Morgan fingerprint density at radius 3 is 2.52 bits per heavy atom. The quantitative estimate of drug-likeness (QED) is 0.320. The van der Waals surface area contributed by atoms with E-state index in [-0.39, 0.29) is 24.0 Å². The van der Waals surface area contributed by atoms with Crippen LogP contribution in [-0.4, -0.2) is 49.8 Å². The number of rotatable bonds is 7. The van der Waals surface area contributed by atoms with Gasteiger partial charge < -0.3 is 15.4 Å². The number of nitrogens with one attached hydrogen (secondary N) is 2. The van der Waals surface area contributed by atoms with E-state index in [2.05, 4.69) is 28.8 Å². The summed E-state index contributed by atoms with van der Waals surface area (Å²) in [5.74, 6) is 1.91. The van der Waals surface area contributed by atoms with Crippen LogP contribution < -0.4 is 10.6 Å². The van der Waals surface area contributed by atoms with E-state index < -0.39 is 0 Å². The summed E-state index contributed by atoms with van der Waals surface area (Å²) in [7, 11) is 1.87. The van der Waals surface area contributed by atoms with Gasteiger partial charge in [0.25, 0.3) is 0 Å². The number of thioether (sulfide) groups is 1. The number of ether oxygens (including phenoxy) is 1. The molecule has 1 saturated heterocycles. The molecule has 148 valence electrons. The maximum atomic E-state index is 5.53. The third-order valence-corrected chi connectivity index (χ3v) is 7.17. The predicted octanol–water partition coefficient (Wildman–Crippen LogP) is 4.43. The number of hydrogen-bond acceptors (Lipinski definition) is 3. The van der Waals surface area contributed by atoms with E-state index in [1.165, 1.54) is 44.9 Å². The summed E-state index contributed by atoms with van der Waals surface area (Å²) in [4.78, 5) is 4.43. The Morgan fingerprint density at radius 1 is 1.24 bits per heavy atom. The monoisotopic (exact) mass is 483 g/mol. The average Bonchev–Trinajstić information content (AvgIpc) is 2.65. The van der Waals surface area contributed by atoms with Crippen LogP contribution in [0.5, 0.6) is 0 Å². The van der Waals surface area contributed by atoms with Crippen LogP contribution in [0.3, 0.4) is 0 Å². The molecule has 0 aromatic carbocycles. The summed E-state index contributed by atoms with van der Waals surface area (Å²) in [6.07, 6.45) is 14.3. The first kappa shape index (κ1) is 23.3. The van der Waals surface area contributed by atoms with Gasteiger partial charge in [0.15, 0.2) is 5.96 Å². The predicted molar refractivity (Wildman–Crippen MR) is 121 cm³/mol. The van der Waals surface area contributed by atoms with Gasteiger partial charge in [0, 0.05) is 37.6 Å². The van der Waals surface area contributed by atoms with Gasteiger partial charge in [-0.25, -0.2) is 0 Å². The molecule has 4 nitrogen and oxygen atoms in total. The molecule has 25 heavy (non-hydrogen) atoms. The van der Waals surface area contributed by atoms with Gasteiger partial charge in [-0.15, -0.1) is 24.0 Å². The van der Waals surface area contributed by atoms with E-state index >= 15 is 0 Å². The number of nitrogens with zero attached hydrogens (tertiary/aromatic N) is 1. The average molecular weight is 484 g/mol. The van der Waals surface area contributed by atoms with Crippen LogP contribution in [-0.2, 0) is 4.74 Å². The zero-order chi connectivity index (χ0) is 17.3. The van der Waals surface area contributed by atoms with Crippen molar-refractivity contribution in [3.05, 3.63) is 0 Å². The van der Waals surface area contributed by atoms with Crippen molar-refractivity contribution in [3.8, 4) is 0 Å². The Morgan fingerprint density at radius 2 is 1.92 bits per heavy atom. The van der Waals surface area contributed by atoms with Gasteiger partial charge >= 0.3 is 0 Å². The molecule has 0 spiro atoms. The Hall–Kier alpha value is 0.310. The van der Waals surface area contributed by atoms with Crippen LogP contribution in [0.2, 0.25) is 0 Å². The summed E-state index contributed by atoms with van der Waals surface area (Å²) < 4.78 is 5.82. The normalized spacial score (nSPS) is 22.8. The van der Waals surface area contributed by atoms with Crippen LogP contribution >= 0.6 is 35.7 Å². The van der Waals surface area contributed by atoms with E-state index in [0.717, 1.165) is 44.5 Å². The van der Waals surface area contributed by atoms with Crippen LogP contribution in [0.25, 0.3) is 0 Å². The van der Waals surface area contributed by atoms with Gasteiger partial charge in [0.1, 0.15) is 0 Å². The van der Waals surface area contributed by atoms with Gasteiger partial charge in [0.05, 0.1) is 0 Å². The molecule has 1 aliphatic carbocycles. The maximum absolute atomic E-state index is 5.53. The molecule has 1 unspecified atom stereocenters. The third-order valence-electron chi connectivity index (χ3n) is 5.75. The summed E-state index contributed by atoms with van der Waals surface area (Å²) >= 11 is 1.97. The molecule has 0 amide bonds. The molecule has 0 bridgehead atoms. The van der Waals surface area contributed by atoms with Gasteiger partial charge in [-0.3, -0.25) is 4.99 Å². The maximum Gasteiger partial charge on any atom is 0.191 e. The lowest BCUT2D eigenvalue weighted by Crippen LogP contribution is -2.49. The smallest absolute Gasteiger partial charge is 0.191 e. The Kier molecular flexibility index (Phi) is 11.8. The highest BCUT2D eigenvalue weighted by Crippen LogP contribution is 2.33. The molecule has 1 atom stereocenters. The van der Waals surface area contributed by atoms with E-state index in [0.29, 0.717) is 10.8 Å². The summed E-state index contributed by atoms with van der Waals surface area (Å²) in [6, 6.07) is 0.484. The van der Waals surface area contributed by atoms with Crippen molar-refractivity contribution in [2.45, 2.75) is 75.5 Å². The first-order valence-corrected chi connectivity index (χ1v) is 11.0. The number of halogens is 1. The van der Waals surface area contributed by atoms with Gasteiger partial charge in [-0.2, -0.15) is 11.8 Å². The molecule has 6 heteroatoms. The molecule has 2 fully saturated rings. The molecular weight excluding hydrogens is 445 g/mol. The molecule has 1 aliphatic heterocycles. The Balaban J connectivity index is 0.00000312. The zero-order valence-corrected chi connectivity index (χ0v) is 19.5. The minimum atomic E-state index is 0. The first-order valence-electron chi connectivity index (χ1n) is 9.77. The van der Waals surface area contributed by atoms with Crippen molar-refractivity contribution < 1.29 is 4.74 Å². The summed E-state index contributed by atoms with van der Waals surface area (Å²) in [5.41, 5.74) is 0. The van der Waals surface area contributed by atoms with Crippen LogP contribution in [0.4, 0.5) is 0 Å². The van der Waals surface area contributed by atoms with E-state index in [1.807, 2.05) is 18.8 Å². The van der Waals surface area contributed by atoms with Gasteiger partial charge in [-0.1, -0.05) is 32.1 Å². The van der Waals surface area contributed by atoms with Crippen LogP contribution in [0, 0.1) is 5.92 Å². The molecule has 2 N–H and O–H groups in total. The number of guanidine groups is 1. The molecule has 2 rings (SSSR count). The zero-order valence-electron chi connectivity index (χ0n) is 16.3. The Bertz CT molecular complexity index is 383. The van der Waals surface area contributed by atoms with Crippen molar-refractivity contribution in [1.82, 2.24) is 10.6 Å². The lowest BCUT2D eigenvalue weighted by molar-refractivity contribution is 0.0782. The second kappa shape index (κ2) is 12.7. The third kappa shape index (κ3) is 8.24. The first-order chi connectivity index (χ1) is 11.7. The molecule has 1 heterocycles. The second-order valence-electron chi connectivity index (χ2n) is 7.55. The minimum Gasteiger partial charge on any atom is -0.381 e. The highest BCUT2D eigenvalue weighted by Gasteiger charge is 2.31. The molecule has 0 aromatic heterocycles. The minimum absolute atomic E-state index is 0. The van der Waals surface area contributed by atoms with Crippen molar-refractivity contribution in [3.63, 3.8) is 0 Å². The van der Waals surface area contributed by atoms with Gasteiger partial charge in [0.2, 0.25) is 0 Å². The fourth-order valence-electron chi connectivity index (χ4n) is 3.90. The highest BCUT2D eigenvalue weighted by atomic mass is 127. The standard InChI is InChI=1S/C19H37N3OS.HI/c1-16(9-10-17-7-5-4-6-8-17)22-18(20-2)21-15-19(24-3)11-13-23-14-12-19;/h16-17H,4-15H2,1-3H3,(H2,20,21,22);1H. The molecule has 1 saturated carbocycles. The number of hydrogen-bond donors (Lipinski definition) is 2. The topological polar surface area (TPSA) is 45.7 Å². The fraction of sp³-hybridized carbons (Fsp3) is 0.947. The van der Waals surface area contributed by atoms with E-state index in [1.54, 1.807) is 0 Å². The van der Waals surface area contributed by atoms with Crippen LogP contribution in [0.1, 0.15) is 64.7 Å². The summed E-state index contributed by atoms with van der Waals surface area (Å²) in [6.45, 7) is 5.01. The van der Waals surface area contributed by atoms with Gasteiger partial charge in [-0.05, 0) is 44.8 Å². The molecule has 0 aromatic rings. The van der Waals surface area contributed by atoms with E-state index in [9.17, 15) is 0 Å². The summed E-state index contributed by atoms with van der Waals surface area (Å²) in [5, 5.41) is 7.15. The van der Waals surface area contributed by atoms with Crippen molar-refractivity contribution in [1.29, 1.82) is 0 Å². The lowest BCUT2D eigenvalue weighted by atomic mass is 9.85. The van der Waals surface area contributed by atoms with Crippen LogP contribution in [0.15, 0.2) is 4.99 Å². The second-order valence-corrected chi connectivity index (χ2v) is 8.83. The SMILES string of the molecule is CN=C(NCC1(SC)CCOCC1)NC(C)CCC1CCCCC1.I. The number of aliphatic imine (C=N–C) groups is 1. The van der Waals surface area contributed by atoms with Crippen molar-refractivity contribution in [2.75, 3.05) is 33.1 Å². The Labute approximate surface area is 176 Å². The van der Waals surface area contributed by atoms with Crippen molar-refractivity contribution >= 4 is 41.7 Å².